The van der Waals surface area contributed by atoms with E-state index in [1.165, 1.54) is 16.8 Å². The molecular weight excluding hydrogens is 310 g/mol. The summed E-state index contributed by atoms with van der Waals surface area (Å²) in [5.41, 5.74) is 1.14. The minimum absolute atomic E-state index is 0.0211. The summed E-state index contributed by atoms with van der Waals surface area (Å²) >= 11 is 0. The second kappa shape index (κ2) is 6.24. The molecule has 2 aromatic rings. The Hall–Kier alpha value is -2.26. The Bertz CT molecular complexity index is 798. The molecule has 0 aliphatic rings. The fourth-order valence-corrected chi connectivity index (χ4v) is 3.14. The van der Waals surface area contributed by atoms with Crippen LogP contribution in [0.15, 0.2) is 35.4 Å². The molecule has 118 valence electrons. The summed E-state index contributed by atoms with van der Waals surface area (Å²) < 4.78 is 30.5. The van der Waals surface area contributed by atoms with Crippen molar-refractivity contribution < 1.29 is 17.5 Å². The van der Waals surface area contributed by atoms with Gasteiger partial charge in [0.15, 0.2) is 0 Å². The number of nitrogens with zero attached hydrogens (tertiary/aromatic N) is 3. The van der Waals surface area contributed by atoms with E-state index in [0.29, 0.717) is 11.3 Å². The normalized spacial score (nSPS) is 11.5. The van der Waals surface area contributed by atoms with Crippen LogP contribution in [0.5, 0.6) is 0 Å². The Labute approximate surface area is 127 Å². The number of nitro groups is 1. The molecule has 1 heterocycles. The van der Waals surface area contributed by atoms with Gasteiger partial charge in [0.05, 0.1) is 18.0 Å². The van der Waals surface area contributed by atoms with Gasteiger partial charge in [-0.1, -0.05) is 23.2 Å². The fraction of sp³-hybridized carbons (Fsp3) is 0.308. The average molecular weight is 325 g/mol. The first-order chi connectivity index (χ1) is 10.3. The largest absolute Gasteiger partial charge is 0.434 e. The Morgan fingerprint density at radius 2 is 2.00 bits per heavy atom. The topological polar surface area (TPSA) is 104 Å². The molecule has 0 bridgehead atoms. The van der Waals surface area contributed by atoms with E-state index in [9.17, 15) is 18.5 Å². The summed E-state index contributed by atoms with van der Waals surface area (Å²) in [6.45, 7) is 3.12. The molecule has 0 spiro atoms. The standard InChI is InChI=1S/C13H15N3O5S/c1-10-5-3-4-6-12(10)22(19,20)21-8-7-15-11(2)9-14-13(15)16(17)18/h3-6,9H,7-8H2,1-2H3. The fourth-order valence-electron chi connectivity index (χ4n) is 2.01. The second-order valence-corrected chi connectivity index (χ2v) is 6.23. The van der Waals surface area contributed by atoms with Gasteiger partial charge in [0, 0.05) is 0 Å². The number of benzene rings is 1. The van der Waals surface area contributed by atoms with Crippen LogP contribution < -0.4 is 0 Å². The van der Waals surface area contributed by atoms with Crippen LogP contribution in [0.25, 0.3) is 0 Å². The Morgan fingerprint density at radius 1 is 1.32 bits per heavy atom. The van der Waals surface area contributed by atoms with Crippen LogP contribution in [-0.4, -0.2) is 29.5 Å². The molecule has 0 N–H and O–H groups in total. The zero-order valence-corrected chi connectivity index (χ0v) is 12.9. The van der Waals surface area contributed by atoms with Gasteiger partial charge in [-0.3, -0.25) is 4.18 Å². The molecule has 0 aliphatic heterocycles. The summed E-state index contributed by atoms with van der Waals surface area (Å²) in [6, 6.07) is 6.46. The molecule has 22 heavy (non-hydrogen) atoms. The van der Waals surface area contributed by atoms with Crippen molar-refractivity contribution in [3.8, 4) is 0 Å². The van der Waals surface area contributed by atoms with Crippen molar-refractivity contribution in [2.75, 3.05) is 6.61 Å². The van der Waals surface area contributed by atoms with E-state index in [4.69, 9.17) is 4.18 Å². The molecule has 0 amide bonds. The van der Waals surface area contributed by atoms with Crippen LogP contribution in [-0.2, 0) is 20.8 Å². The SMILES string of the molecule is Cc1ccccc1S(=O)(=O)OCCn1c(C)cnc1[N+](=O)[O-]. The first-order valence-electron chi connectivity index (χ1n) is 6.44. The molecular formula is C13H15N3O5S. The summed E-state index contributed by atoms with van der Waals surface area (Å²) in [5.74, 6) is -0.339. The van der Waals surface area contributed by atoms with Crippen LogP contribution in [0.3, 0.4) is 0 Å². The van der Waals surface area contributed by atoms with E-state index < -0.39 is 15.0 Å². The van der Waals surface area contributed by atoms with Crippen LogP contribution in [0.2, 0.25) is 0 Å². The summed E-state index contributed by atoms with van der Waals surface area (Å²) in [5, 5.41) is 10.8. The zero-order valence-electron chi connectivity index (χ0n) is 12.1. The summed E-state index contributed by atoms with van der Waals surface area (Å²) in [6.07, 6.45) is 1.36. The molecule has 0 fully saturated rings. The molecule has 0 saturated heterocycles. The van der Waals surface area contributed by atoms with Gasteiger partial charge in [-0.05, 0) is 30.4 Å². The van der Waals surface area contributed by atoms with Crippen molar-refractivity contribution in [1.29, 1.82) is 0 Å². The first kappa shape index (κ1) is 16.1. The molecule has 0 saturated carbocycles. The zero-order chi connectivity index (χ0) is 16.3. The van der Waals surface area contributed by atoms with Gasteiger partial charge < -0.3 is 10.1 Å². The van der Waals surface area contributed by atoms with Crippen molar-refractivity contribution in [2.45, 2.75) is 25.3 Å². The number of imidazole rings is 1. The van der Waals surface area contributed by atoms with Crippen molar-refractivity contribution >= 4 is 16.1 Å². The molecule has 0 unspecified atom stereocenters. The molecule has 1 aromatic heterocycles. The summed E-state index contributed by atoms with van der Waals surface area (Å²) in [7, 11) is -3.89. The molecule has 0 atom stereocenters. The number of hydrogen-bond acceptors (Lipinski definition) is 6. The molecule has 9 heteroatoms. The molecule has 0 aliphatic carbocycles. The molecule has 8 nitrogen and oxygen atoms in total. The lowest BCUT2D eigenvalue weighted by Gasteiger charge is -2.08. The van der Waals surface area contributed by atoms with Crippen LogP contribution in [0.1, 0.15) is 11.3 Å². The third kappa shape index (κ3) is 3.31. The predicted molar refractivity (Wildman–Crippen MR) is 77.9 cm³/mol. The quantitative estimate of drug-likeness (QED) is 0.456. The van der Waals surface area contributed by atoms with Crippen molar-refractivity contribution in [1.82, 2.24) is 9.55 Å². The van der Waals surface area contributed by atoms with E-state index in [1.807, 2.05) is 0 Å². The smallest absolute Gasteiger partial charge is 0.390 e. The number of aromatic nitrogens is 2. The minimum Gasteiger partial charge on any atom is -0.390 e. The molecule has 1 aromatic carbocycles. The lowest BCUT2D eigenvalue weighted by atomic mass is 10.2. The van der Waals surface area contributed by atoms with Crippen molar-refractivity contribution in [3.63, 3.8) is 0 Å². The highest BCUT2D eigenvalue weighted by Gasteiger charge is 2.21. The highest BCUT2D eigenvalue weighted by molar-refractivity contribution is 7.86. The predicted octanol–water partition coefficient (Wildman–Crippen LogP) is 1.81. The monoisotopic (exact) mass is 325 g/mol. The van der Waals surface area contributed by atoms with Gasteiger partial charge in [-0.2, -0.15) is 8.42 Å². The van der Waals surface area contributed by atoms with Gasteiger partial charge in [0.1, 0.15) is 11.9 Å². The van der Waals surface area contributed by atoms with Gasteiger partial charge in [0.25, 0.3) is 10.1 Å². The highest BCUT2D eigenvalue weighted by atomic mass is 32.2. The van der Waals surface area contributed by atoms with E-state index in [2.05, 4.69) is 4.98 Å². The van der Waals surface area contributed by atoms with Crippen molar-refractivity contribution in [2.24, 2.45) is 0 Å². The maximum absolute atomic E-state index is 12.1. The lowest BCUT2D eigenvalue weighted by Crippen LogP contribution is -2.15. The Kier molecular flexibility index (Phi) is 4.57. The van der Waals surface area contributed by atoms with E-state index in [1.54, 1.807) is 32.0 Å². The van der Waals surface area contributed by atoms with Gasteiger partial charge in [0.2, 0.25) is 0 Å². The van der Waals surface area contributed by atoms with Gasteiger partial charge in [-0.25, -0.2) is 4.57 Å². The molecule has 0 radical (unpaired) electrons. The van der Waals surface area contributed by atoms with Crippen molar-refractivity contribution in [3.05, 3.63) is 51.8 Å². The number of aryl methyl sites for hydroxylation is 2. The maximum Gasteiger partial charge on any atom is 0.434 e. The van der Waals surface area contributed by atoms with E-state index >= 15 is 0 Å². The third-order valence-corrected chi connectivity index (χ3v) is 4.59. The van der Waals surface area contributed by atoms with Crippen LogP contribution in [0, 0.1) is 24.0 Å². The highest BCUT2D eigenvalue weighted by Crippen LogP contribution is 2.17. The van der Waals surface area contributed by atoms with Gasteiger partial charge in [-0.15, -0.1) is 0 Å². The number of rotatable bonds is 6. The Morgan fingerprint density at radius 3 is 2.64 bits per heavy atom. The lowest BCUT2D eigenvalue weighted by molar-refractivity contribution is -0.396. The van der Waals surface area contributed by atoms with E-state index in [-0.39, 0.29) is 24.0 Å². The maximum atomic E-state index is 12.1. The molecule has 2 rings (SSSR count). The average Bonchev–Trinajstić information content (AvgIpc) is 2.80. The number of hydrogen-bond donors (Lipinski definition) is 0. The van der Waals surface area contributed by atoms with Crippen LogP contribution >= 0.6 is 0 Å². The minimum atomic E-state index is -3.89. The third-order valence-electron chi connectivity index (χ3n) is 3.11. The first-order valence-corrected chi connectivity index (χ1v) is 7.85. The van der Waals surface area contributed by atoms with E-state index in [0.717, 1.165) is 0 Å². The Balaban J connectivity index is 2.10. The second-order valence-electron chi connectivity index (χ2n) is 4.65. The van der Waals surface area contributed by atoms with Gasteiger partial charge >= 0.3 is 5.95 Å². The van der Waals surface area contributed by atoms with Crippen LogP contribution in [0.4, 0.5) is 5.95 Å². The summed E-state index contributed by atoms with van der Waals surface area (Å²) in [4.78, 5) is 14.0.